The average molecular weight is 577 g/mol. The minimum atomic E-state index is -1.07. The first-order valence-electron chi connectivity index (χ1n) is 13.9. The van der Waals surface area contributed by atoms with Gasteiger partial charge in [-0.3, -0.25) is 29.1 Å². The average Bonchev–Trinajstić information content (AvgIpc) is 3.26. The fourth-order valence-corrected chi connectivity index (χ4v) is 5.06. The van der Waals surface area contributed by atoms with Crippen LogP contribution in [0.4, 0.5) is 11.4 Å². The number of nitrogens with zero attached hydrogens (tertiary/aromatic N) is 3. The van der Waals surface area contributed by atoms with E-state index in [-0.39, 0.29) is 18.0 Å². The van der Waals surface area contributed by atoms with E-state index < -0.39 is 36.1 Å². The second-order valence-electron chi connectivity index (χ2n) is 10.6. The molecule has 3 aromatic carbocycles. The molecule has 5 rings (SSSR count). The molecule has 0 spiro atoms. The van der Waals surface area contributed by atoms with E-state index in [1.54, 1.807) is 74.1 Å². The van der Waals surface area contributed by atoms with Gasteiger partial charge >= 0.3 is 0 Å². The van der Waals surface area contributed by atoms with E-state index in [2.05, 4.69) is 24.1 Å². The summed E-state index contributed by atoms with van der Waals surface area (Å²) in [4.78, 5) is 60.7. The van der Waals surface area contributed by atoms with Crippen LogP contribution in [-0.2, 0) is 20.9 Å². The van der Waals surface area contributed by atoms with Gasteiger partial charge in [0.1, 0.15) is 18.3 Å². The summed E-state index contributed by atoms with van der Waals surface area (Å²) in [6.45, 7) is 3.77. The summed E-state index contributed by atoms with van der Waals surface area (Å²) in [5.41, 5.74) is 3.52. The summed E-state index contributed by atoms with van der Waals surface area (Å²) < 4.78 is 5.23. The fourth-order valence-electron chi connectivity index (χ4n) is 5.06. The van der Waals surface area contributed by atoms with Crippen molar-refractivity contribution >= 4 is 34.9 Å². The van der Waals surface area contributed by atoms with Crippen LogP contribution < -0.4 is 15.0 Å². The predicted molar refractivity (Wildman–Crippen MR) is 163 cm³/mol. The summed E-state index contributed by atoms with van der Waals surface area (Å²) >= 11 is 0. The zero-order valence-electron chi connectivity index (χ0n) is 24.2. The molecule has 0 bridgehead atoms. The normalized spacial score (nSPS) is 13.1. The number of Topliss-reactive ketones (excluding diaryl/α,β-unsaturated/α-hetero) is 1. The Morgan fingerprint density at radius 3 is 2.26 bits per heavy atom. The van der Waals surface area contributed by atoms with Crippen LogP contribution in [0, 0.1) is 0 Å². The first-order chi connectivity index (χ1) is 20.8. The molecular weight excluding hydrogens is 544 g/mol. The first kappa shape index (κ1) is 29.2. The molecular formula is C34H32N4O5. The summed E-state index contributed by atoms with van der Waals surface area (Å²) in [5.74, 6) is -1.49. The molecule has 1 N–H and O–H groups in total. The minimum absolute atomic E-state index is 0.0386. The molecule has 9 heteroatoms. The SMILES string of the molecule is COc1ccc(NC(=O)C(c2ccc(C(C)C)cc2)N(Cc2cccnc2)C(=O)CN2C(=O)C(=O)c3ccccc32)cc1. The first-order valence-corrected chi connectivity index (χ1v) is 13.9. The predicted octanol–water partition coefficient (Wildman–Crippen LogP) is 5.15. The largest absolute Gasteiger partial charge is 0.497 e. The van der Waals surface area contributed by atoms with E-state index in [0.717, 1.165) is 5.56 Å². The van der Waals surface area contributed by atoms with Crippen LogP contribution >= 0.6 is 0 Å². The molecule has 4 aromatic rings. The number of amides is 3. The number of nitrogens with one attached hydrogen (secondary N) is 1. The third-order valence-corrected chi connectivity index (χ3v) is 7.40. The zero-order chi connectivity index (χ0) is 30.5. The van der Waals surface area contributed by atoms with Crippen LogP contribution in [0.3, 0.4) is 0 Å². The maximum Gasteiger partial charge on any atom is 0.299 e. The van der Waals surface area contributed by atoms with Gasteiger partial charge in [-0.25, -0.2) is 0 Å². The highest BCUT2D eigenvalue weighted by atomic mass is 16.5. The molecule has 1 unspecified atom stereocenters. The molecule has 1 aromatic heterocycles. The standard InChI is InChI=1S/C34H32N4O5/c1-22(2)24-10-12-25(13-11-24)31(33(41)36-26-14-16-27(43-3)17-15-26)38(20-23-7-6-18-35-19-23)30(39)21-37-29-9-5-4-8-28(29)32(40)34(37)42/h4-19,22,31H,20-21H2,1-3H3,(H,36,41). The summed E-state index contributed by atoms with van der Waals surface area (Å²) in [5, 5.41) is 2.94. The Labute approximate surface area is 250 Å². The van der Waals surface area contributed by atoms with Crippen LogP contribution in [-0.4, -0.2) is 47.0 Å². The lowest BCUT2D eigenvalue weighted by atomic mass is 9.97. The van der Waals surface area contributed by atoms with Gasteiger partial charge in [0, 0.05) is 24.6 Å². The van der Waals surface area contributed by atoms with Crippen LogP contribution in [0.2, 0.25) is 0 Å². The molecule has 1 atom stereocenters. The van der Waals surface area contributed by atoms with Crippen molar-refractivity contribution in [2.75, 3.05) is 23.9 Å². The van der Waals surface area contributed by atoms with Crippen molar-refractivity contribution in [1.82, 2.24) is 9.88 Å². The molecule has 9 nitrogen and oxygen atoms in total. The molecule has 43 heavy (non-hydrogen) atoms. The van der Waals surface area contributed by atoms with Gasteiger partial charge in [0.2, 0.25) is 5.91 Å². The van der Waals surface area contributed by atoms with Crippen LogP contribution in [0.15, 0.2) is 97.3 Å². The molecule has 0 fully saturated rings. The number of rotatable bonds is 10. The second kappa shape index (κ2) is 12.7. The zero-order valence-corrected chi connectivity index (χ0v) is 24.2. The molecule has 0 radical (unpaired) electrons. The Kier molecular flexibility index (Phi) is 8.61. The van der Waals surface area contributed by atoms with Gasteiger partial charge in [0.05, 0.1) is 18.4 Å². The van der Waals surface area contributed by atoms with Gasteiger partial charge in [-0.1, -0.05) is 56.3 Å². The number of ether oxygens (including phenoxy) is 1. The lowest BCUT2D eigenvalue weighted by Crippen LogP contribution is -2.46. The number of para-hydroxylation sites is 1. The minimum Gasteiger partial charge on any atom is -0.497 e. The number of carbonyl (C=O) groups excluding carboxylic acids is 4. The van der Waals surface area contributed by atoms with Gasteiger partial charge in [0.25, 0.3) is 17.6 Å². The Morgan fingerprint density at radius 1 is 0.907 bits per heavy atom. The summed E-state index contributed by atoms with van der Waals surface area (Å²) in [6, 6.07) is 23.5. The van der Waals surface area contributed by atoms with E-state index in [1.807, 2.05) is 30.3 Å². The summed E-state index contributed by atoms with van der Waals surface area (Å²) in [6.07, 6.45) is 3.25. The number of carbonyl (C=O) groups is 4. The Hall–Kier alpha value is -5.31. The smallest absolute Gasteiger partial charge is 0.299 e. The van der Waals surface area contributed by atoms with E-state index >= 15 is 0 Å². The van der Waals surface area contributed by atoms with Gasteiger partial charge in [-0.2, -0.15) is 0 Å². The molecule has 1 aliphatic heterocycles. The maximum absolute atomic E-state index is 14.2. The highest BCUT2D eigenvalue weighted by molar-refractivity contribution is 6.52. The molecule has 2 heterocycles. The van der Waals surface area contributed by atoms with Crippen LogP contribution in [0.5, 0.6) is 5.75 Å². The number of pyridine rings is 1. The molecule has 0 aliphatic carbocycles. The number of benzene rings is 3. The van der Waals surface area contributed by atoms with Crippen molar-refractivity contribution in [2.24, 2.45) is 0 Å². The summed E-state index contributed by atoms with van der Waals surface area (Å²) in [7, 11) is 1.56. The Morgan fingerprint density at radius 2 is 1.60 bits per heavy atom. The highest BCUT2D eigenvalue weighted by Gasteiger charge is 2.39. The van der Waals surface area contributed by atoms with Crippen molar-refractivity contribution in [3.63, 3.8) is 0 Å². The Balaban J connectivity index is 1.54. The number of methoxy groups -OCH3 is 1. The lowest BCUT2D eigenvalue weighted by Gasteiger charge is -2.33. The fraction of sp³-hybridized carbons (Fsp3) is 0.206. The quantitative estimate of drug-likeness (QED) is 0.262. The lowest BCUT2D eigenvalue weighted by molar-refractivity contribution is -0.139. The van der Waals surface area contributed by atoms with E-state index in [0.29, 0.717) is 28.3 Å². The van der Waals surface area contributed by atoms with E-state index in [9.17, 15) is 19.2 Å². The maximum atomic E-state index is 14.2. The van der Waals surface area contributed by atoms with Crippen molar-refractivity contribution in [3.05, 3.63) is 120 Å². The van der Waals surface area contributed by atoms with Gasteiger partial charge < -0.3 is 15.0 Å². The molecule has 0 saturated heterocycles. The number of hydrogen-bond donors (Lipinski definition) is 1. The monoisotopic (exact) mass is 576 g/mol. The number of ketones is 1. The molecule has 3 amide bonds. The molecule has 0 saturated carbocycles. The number of anilines is 2. The van der Waals surface area contributed by atoms with Gasteiger partial charge in [-0.05, 0) is 65.1 Å². The number of aromatic nitrogens is 1. The second-order valence-corrected chi connectivity index (χ2v) is 10.6. The molecule has 218 valence electrons. The van der Waals surface area contributed by atoms with Gasteiger partial charge in [-0.15, -0.1) is 0 Å². The third-order valence-electron chi connectivity index (χ3n) is 7.40. The van der Waals surface area contributed by atoms with Gasteiger partial charge in [0.15, 0.2) is 0 Å². The topological polar surface area (TPSA) is 109 Å². The van der Waals surface area contributed by atoms with Crippen LogP contribution in [0.25, 0.3) is 0 Å². The highest BCUT2D eigenvalue weighted by Crippen LogP contribution is 2.31. The third kappa shape index (κ3) is 6.30. The number of hydrogen-bond acceptors (Lipinski definition) is 6. The van der Waals surface area contributed by atoms with Crippen molar-refractivity contribution < 1.29 is 23.9 Å². The van der Waals surface area contributed by atoms with Crippen molar-refractivity contribution in [3.8, 4) is 5.75 Å². The van der Waals surface area contributed by atoms with Crippen molar-refractivity contribution in [2.45, 2.75) is 32.4 Å². The van der Waals surface area contributed by atoms with Crippen molar-refractivity contribution in [1.29, 1.82) is 0 Å². The molecule has 1 aliphatic rings. The van der Waals surface area contributed by atoms with E-state index in [4.69, 9.17) is 4.74 Å². The Bertz CT molecular complexity index is 1640. The van der Waals surface area contributed by atoms with E-state index in [1.165, 1.54) is 9.80 Å². The van der Waals surface area contributed by atoms with Crippen LogP contribution in [0.1, 0.15) is 52.9 Å². The number of fused-ring (bicyclic) bond motifs is 1.